The molecule has 4 aromatic rings. The molecule has 1 atom stereocenters. The standard InChI is InChI=1S/C20H18I2N4O/c1-12-18(13(2)27-25-12)14-8-16-19(24-9-14)15(22)10-26(16)20(3,11-21)17-6-4-5-7-23-17/h4-10H,11H2,1-3H3. The number of aryl methyl sites for hydroxylation is 2. The van der Waals surface area contributed by atoms with Gasteiger partial charge in [-0.1, -0.05) is 33.8 Å². The maximum Gasteiger partial charge on any atom is 0.141 e. The van der Waals surface area contributed by atoms with Crippen molar-refractivity contribution in [3.05, 3.63) is 63.6 Å². The first-order chi connectivity index (χ1) is 13.0. The van der Waals surface area contributed by atoms with E-state index in [9.17, 15) is 0 Å². The van der Waals surface area contributed by atoms with E-state index in [-0.39, 0.29) is 5.54 Å². The van der Waals surface area contributed by atoms with Crippen LogP contribution in [-0.2, 0) is 5.54 Å². The summed E-state index contributed by atoms with van der Waals surface area (Å²) in [6.45, 7) is 6.12. The Morgan fingerprint density at radius 3 is 2.67 bits per heavy atom. The normalized spacial score (nSPS) is 13.8. The van der Waals surface area contributed by atoms with Crippen LogP contribution in [0.3, 0.4) is 0 Å². The average Bonchev–Trinajstić information content (AvgIpc) is 3.21. The third kappa shape index (κ3) is 3.08. The van der Waals surface area contributed by atoms with Gasteiger partial charge in [0.05, 0.1) is 26.0 Å². The van der Waals surface area contributed by atoms with Gasteiger partial charge >= 0.3 is 0 Å². The highest BCUT2D eigenvalue weighted by atomic mass is 127. The number of hydrogen-bond donors (Lipinski definition) is 0. The summed E-state index contributed by atoms with van der Waals surface area (Å²) in [4.78, 5) is 9.40. The third-order valence-corrected chi connectivity index (χ3v) is 7.20. The third-order valence-electron chi connectivity index (χ3n) is 4.93. The van der Waals surface area contributed by atoms with Crippen LogP contribution in [0.15, 0.2) is 47.4 Å². The molecule has 0 aliphatic rings. The lowest BCUT2D eigenvalue weighted by Gasteiger charge is -2.30. The van der Waals surface area contributed by atoms with Gasteiger partial charge in [0.25, 0.3) is 0 Å². The van der Waals surface area contributed by atoms with Gasteiger partial charge in [-0.2, -0.15) is 0 Å². The molecule has 0 fully saturated rings. The molecule has 0 amide bonds. The van der Waals surface area contributed by atoms with Gasteiger partial charge in [0, 0.05) is 34.1 Å². The molecule has 0 radical (unpaired) electrons. The molecular formula is C20H18I2N4O. The van der Waals surface area contributed by atoms with Crippen molar-refractivity contribution in [3.63, 3.8) is 0 Å². The van der Waals surface area contributed by atoms with Crippen molar-refractivity contribution in [1.29, 1.82) is 0 Å². The van der Waals surface area contributed by atoms with Crippen LogP contribution in [-0.4, -0.2) is 24.1 Å². The molecule has 4 rings (SSSR count). The summed E-state index contributed by atoms with van der Waals surface area (Å²) < 4.78 is 9.67. The van der Waals surface area contributed by atoms with Crippen molar-refractivity contribution >= 4 is 56.2 Å². The van der Waals surface area contributed by atoms with Crippen LogP contribution in [0.25, 0.3) is 22.2 Å². The molecular weight excluding hydrogens is 566 g/mol. The number of fused-ring (bicyclic) bond motifs is 1. The van der Waals surface area contributed by atoms with Gasteiger partial charge in [0.15, 0.2) is 0 Å². The zero-order chi connectivity index (χ0) is 19.2. The van der Waals surface area contributed by atoms with Gasteiger partial charge in [-0.05, 0) is 61.6 Å². The molecule has 138 valence electrons. The van der Waals surface area contributed by atoms with Crippen LogP contribution < -0.4 is 0 Å². The Kier molecular flexibility index (Phi) is 5.00. The number of halogens is 2. The van der Waals surface area contributed by atoms with E-state index in [1.807, 2.05) is 38.4 Å². The lowest BCUT2D eigenvalue weighted by atomic mass is 9.99. The van der Waals surface area contributed by atoms with Gasteiger partial charge in [-0.3, -0.25) is 9.97 Å². The van der Waals surface area contributed by atoms with E-state index in [4.69, 9.17) is 9.51 Å². The monoisotopic (exact) mass is 584 g/mol. The Labute approximate surface area is 184 Å². The van der Waals surface area contributed by atoms with E-state index in [0.717, 1.165) is 47.3 Å². The number of hydrogen-bond acceptors (Lipinski definition) is 4. The van der Waals surface area contributed by atoms with Crippen LogP contribution in [0, 0.1) is 17.4 Å². The number of alkyl halides is 1. The quantitative estimate of drug-likeness (QED) is 0.235. The maximum absolute atomic E-state index is 5.36. The molecule has 4 aromatic heterocycles. The first-order valence-electron chi connectivity index (χ1n) is 8.53. The van der Waals surface area contributed by atoms with Gasteiger partial charge in [0.2, 0.25) is 0 Å². The Morgan fingerprint density at radius 1 is 1.22 bits per heavy atom. The molecule has 5 nitrogen and oxygen atoms in total. The molecule has 4 heterocycles. The van der Waals surface area contributed by atoms with Crippen molar-refractivity contribution in [2.75, 3.05) is 4.43 Å². The van der Waals surface area contributed by atoms with Crippen molar-refractivity contribution in [2.45, 2.75) is 26.3 Å². The SMILES string of the molecule is Cc1noc(C)c1-c1cnc2c(I)cn(C(C)(CI)c3ccccn3)c2c1. The van der Waals surface area contributed by atoms with Gasteiger partial charge in [-0.25, -0.2) is 0 Å². The van der Waals surface area contributed by atoms with Crippen molar-refractivity contribution < 1.29 is 4.52 Å². The summed E-state index contributed by atoms with van der Waals surface area (Å²) in [5.74, 6) is 0.808. The lowest BCUT2D eigenvalue weighted by molar-refractivity contribution is 0.393. The lowest BCUT2D eigenvalue weighted by Crippen LogP contribution is -2.33. The second kappa shape index (κ2) is 7.16. The van der Waals surface area contributed by atoms with Crippen LogP contribution in [0.1, 0.15) is 24.1 Å². The summed E-state index contributed by atoms with van der Waals surface area (Å²) in [6, 6.07) is 8.26. The first kappa shape index (κ1) is 18.9. The molecule has 0 aromatic carbocycles. The van der Waals surface area contributed by atoms with E-state index >= 15 is 0 Å². The van der Waals surface area contributed by atoms with E-state index in [0.29, 0.717) is 0 Å². The minimum absolute atomic E-state index is 0.275. The Balaban J connectivity index is 1.97. The Morgan fingerprint density at radius 2 is 2.04 bits per heavy atom. The number of aromatic nitrogens is 4. The summed E-state index contributed by atoms with van der Waals surface area (Å²) in [7, 11) is 0. The molecule has 0 bridgehead atoms. The van der Waals surface area contributed by atoms with Crippen LogP contribution in [0.5, 0.6) is 0 Å². The molecule has 1 unspecified atom stereocenters. The van der Waals surface area contributed by atoms with Gasteiger partial charge in [0.1, 0.15) is 11.3 Å². The van der Waals surface area contributed by atoms with Crippen LogP contribution in [0.4, 0.5) is 0 Å². The van der Waals surface area contributed by atoms with Crippen molar-refractivity contribution in [3.8, 4) is 11.1 Å². The van der Waals surface area contributed by atoms with Crippen LogP contribution in [0.2, 0.25) is 0 Å². The zero-order valence-corrected chi connectivity index (χ0v) is 19.5. The average molecular weight is 584 g/mol. The van der Waals surface area contributed by atoms with E-state index < -0.39 is 0 Å². The predicted molar refractivity (Wildman–Crippen MR) is 123 cm³/mol. The highest BCUT2D eigenvalue weighted by Gasteiger charge is 2.31. The summed E-state index contributed by atoms with van der Waals surface area (Å²) in [5.41, 5.74) is 5.76. The minimum Gasteiger partial charge on any atom is -0.361 e. The second-order valence-electron chi connectivity index (χ2n) is 6.76. The Bertz CT molecular complexity index is 1100. The minimum atomic E-state index is -0.275. The highest BCUT2D eigenvalue weighted by Crippen LogP contribution is 2.36. The van der Waals surface area contributed by atoms with Crippen LogP contribution >= 0.6 is 45.2 Å². The second-order valence-corrected chi connectivity index (χ2v) is 8.69. The fourth-order valence-electron chi connectivity index (χ4n) is 3.44. The van der Waals surface area contributed by atoms with Gasteiger partial charge in [-0.15, -0.1) is 0 Å². The van der Waals surface area contributed by atoms with E-state index in [2.05, 4.69) is 85.1 Å². The molecule has 0 saturated heterocycles. The smallest absolute Gasteiger partial charge is 0.141 e. The molecule has 0 saturated carbocycles. The Hall–Kier alpha value is -1.49. The van der Waals surface area contributed by atoms with E-state index in [1.165, 1.54) is 0 Å². The molecule has 0 aliphatic carbocycles. The van der Waals surface area contributed by atoms with Gasteiger partial charge < -0.3 is 9.09 Å². The fourth-order valence-corrected chi connectivity index (χ4v) is 4.89. The van der Waals surface area contributed by atoms with Crippen molar-refractivity contribution in [2.24, 2.45) is 0 Å². The zero-order valence-electron chi connectivity index (χ0n) is 15.2. The topological polar surface area (TPSA) is 56.7 Å². The fraction of sp³-hybridized carbons (Fsp3) is 0.250. The highest BCUT2D eigenvalue weighted by molar-refractivity contribution is 14.1. The molecule has 0 spiro atoms. The predicted octanol–water partition coefficient (Wildman–Crippen LogP) is 5.51. The maximum atomic E-state index is 5.36. The molecule has 7 heteroatoms. The molecule has 0 aliphatic heterocycles. The van der Waals surface area contributed by atoms with E-state index in [1.54, 1.807) is 0 Å². The largest absolute Gasteiger partial charge is 0.361 e. The summed E-state index contributed by atoms with van der Waals surface area (Å²) in [5, 5.41) is 4.09. The summed E-state index contributed by atoms with van der Waals surface area (Å²) in [6.07, 6.45) is 5.93. The van der Waals surface area contributed by atoms with Crippen molar-refractivity contribution in [1.82, 2.24) is 19.7 Å². The number of pyridine rings is 2. The number of nitrogens with zero attached hydrogens (tertiary/aromatic N) is 4. The first-order valence-corrected chi connectivity index (χ1v) is 11.1. The summed E-state index contributed by atoms with van der Waals surface area (Å²) >= 11 is 4.79. The molecule has 27 heavy (non-hydrogen) atoms. The number of rotatable bonds is 4. The molecule has 0 N–H and O–H groups in total.